The number of hydrogen-bond acceptors (Lipinski definition) is 3. The van der Waals surface area contributed by atoms with Crippen molar-refractivity contribution in [1.29, 1.82) is 0 Å². The van der Waals surface area contributed by atoms with Crippen molar-refractivity contribution in [3.05, 3.63) is 46.9 Å². The quantitative estimate of drug-likeness (QED) is 0.859. The zero-order valence-corrected chi connectivity index (χ0v) is 9.92. The summed E-state index contributed by atoms with van der Waals surface area (Å²) < 4.78 is 13.0. The molecule has 0 aliphatic carbocycles. The Labute approximate surface area is 103 Å². The molecular weight excluding hydrogens is 241 g/mol. The van der Waals surface area contributed by atoms with Crippen molar-refractivity contribution in [3.63, 3.8) is 0 Å². The van der Waals surface area contributed by atoms with Crippen LogP contribution in [-0.4, -0.2) is 4.98 Å². The standard InChI is InChI=1S/C12H11ClFN3/c1-7-4-11(15)12(16-6-7)17-8-2-3-10(14)9(13)5-8/h2-6H,15H2,1H3,(H,16,17). The molecule has 88 valence electrons. The number of aryl methyl sites for hydroxylation is 1. The van der Waals surface area contributed by atoms with Crippen LogP contribution in [-0.2, 0) is 0 Å². The van der Waals surface area contributed by atoms with E-state index in [1.807, 2.05) is 6.92 Å². The van der Waals surface area contributed by atoms with Crippen LogP contribution in [0.1, 0.15) is 5.56 Å². The second-order valence-electron chi connectivity index (χ2n) is 3.70. The SMILES string of the molecule is Cc1cnc(Nc2ccc(F)c(Cl)c2)c(N)c1. The van der Waals surface area contributed by atoms with Gasteiger partial charge in [-0.25, -0.2) is 9.37 Å². The molecule has 0 atom stereocenters. The van der Waals surface area contributed by atoms with Crippen molar-refractivity contribution in [1.82, 2.24) is 4.98 Å². The number of halogens is 2. The summed E-state index contributed by atoms with van der Waals surface area (Å²) in [5, 5.41) is 3.04. The van der Waals surface area contributed by atoms with E-state index in [2.05, 4.69) is 10.3 Å². The number of nitrogens with zero attached hydrogens (tertiary/aromatic N) is 1. The summed E-state index contributed by atoms with van der Waals surface area (Å²) in [5.74, 6) is 0.0697. The van der Waals surface area contributed by atoms with Crippen LogP contribution < -0.4 is 11.1 Å². The van der Waals surface area contributed by atoms with Gasteiger partial charge in [0.25, 0.3) is 0 Å². The highest BCUT2D eigenvalue weighted by atomic mass is 35.5. The summed E-state index contributed by atoms with van der Waals surface area (Å²) in [6, 6.07) is 6.15. The van der Waals surface area contributed by atoms with Gasteiger partial charge >= 0.3 is 0 Å². The van der Waals surface area contributed by atoms with Crippen molar-refractivity contribution >= 4 is 28.8 Å². The minimum Gasteiger partial charge on any atom is -0.396 e. The molecule has 1 aromatic carbocycles. The molecule has 17 heavy (non-hydrogen) atoms. The first kappa shape index (κ1) is 11.7. The fraction of sp³-hybridized carbons (Fsp3) is 0.0833. The van der Waals surface area contributed by atoms with E-state index < -0.39 is 5.82 Å². The van der Waals surface area contributed by atoms with Gasteiger partial charge in [0.2, 0.25) is 0 Å². The van der Waals surface area contributed by atoms with E-state index in [1.165, 1.54) is 12.1 Å². The molecule has 0 aliphatic heterocycles. The summed E-state index contributed by atoms with van der Waals surface area (Å²) in [5.41, 5.74) is 7.95. The number of anilines is 3. The van der Waals surface area contributed by atoms with Gasteiger partial charge in [-0.3, -0.25) is 0 Å². The number of nitrogens with two attached hydrogens (primary N) is 1. The highest BCUT2D eigenvalue weighted by molar-refractivity contribution is 6.31. The maximum Gasteiger partial charge on any atom is 0.153 e. The number of rotatable bonds is 2. The first-order valence-electron chi connectivity index (χ1n) is 5.00. The third kappa shape index (κ3) is 2.65. The van der Waals surface area contributed by atoms with Crippen molar-refractivity contribution in [2.24, 2.45) is 0 Å². The lowest BCUT2D eigenvalue weighted by Crippen LogP contribution is -1.99. The van der Waals surface area contributed by atoms with E-state index in [0.717, 1.165) is 5.56 Å². The van der Waals surface area contributed by atoms with E-state index in [0.29, 0.717) is 17.2 Å². The molecule has 0 spiro atoms. The molecule has 5 heteroatoms. The first-order chi connectivity index (χ1) is 8.06. The van der Waals surface area contributed by atoms with E-state index >= 15 is 0 Å². The lowest BCUT2D eigenvalue weighted by atomic mass is 10.2. The average molecular weight is 252 g/mol. The number of pyridine rings is 1. The lowest BCUT2D eigenvalue weighted by Gasteiger charge is -2.09. The van der Waals surface area contributed by atoms with Crippen LogP contribution in [0.15, 0.2) is 30.5 Å². The number of benzene rings is 1. The fourth-order valence-corrected chi connectivity index (χ4v) is 1.59. The smallest absolute Gasteiger partial charge is 0.153 e. The highest BCUT2D eigenvalue weighted by Crippen LogP contribution is 2.24. The van der Waals surface area contributed by atoms with Gasteiger partial charge in [-0.15, -0.1) is 0 Å². The zero-order valence-electron chi connectivity index (χ0n) is 9.17. The summed E-state index contributed by atoms with van der Waals surface area (Å²) in [7, 11) is 0. The Balaban J connectivity index is 2.28. The second kappa shape index (κ2) is 4.59. The Morgan fingerprint density at radius 3 is 2.76 bits per heavy atom. The van der Waals surface area contributed by atoms with E-state index in [4.69, 9.17) is 17.3 Å². The Kier molecular flexibility index (Phi) is 3.15. The van der Waals surface area contributed by atoms with Crippen LogP contribution >= 0.6 is 11.6 Å². The molecule has 0 radical (unpaired) electrons. The molecule has 1 aromatic heterocycles. The van der Waals surface area contributed by atoms with Crippen LogP contribution in [0.5, 0.6) is 0 Å². The molecule has 0 amide bonds. The summed E-state index contributed by atoms with van der Waals surface area (Å²) in [6.45, 7) is 1.90. The fourth-order valence-electron chi connectivity index (χ4n) is 1.41. The third-order valence-electron chi connectivity index (χ3n) is 2.24. The van der Waals surface area contributed by atoms with Crippen LogP contribution in [0.2, 0.25) is 5.02 Å². The molecule has 3 nitrogen and oxygen atoms in total. The van der Waals surface area contributed by atoms with Crippen molar-refractivity contribution < 1.29 is 4.39 Å². The highest BCUT2D eigenvalue weighted by Gasteiger charge is 2.04. The summed E-state index contributed by atoms with van der Waals surface area (Å²) in [6.07, 6.45) is 1.70. The average Bonchev–Trinajstić information content (AvgIpc) is 2.27. The predicted octanol–water partition coefficient (Wildman–Crippen LogP) is 3.51. The summed E-state index contributed by atoms with van der Waals surface area (Å²) >= 11 is 5.68. The van der Waals surface area contributed by atoms with E-state index in [-0.39, 0.29) is 5.02 Å². The molecule has 1 heterocycles. The predicted molar refractivity (Wildman–Crippen MR) is 68.1 cm³/mol. The van der Waals surface area contributed by atoms with Gasteiger partial charge in [0.1, 0.15) is 5.82 Å². The maximum atomic E-state index is 13.0. The minimum absolute atomic E-state index is 0.0562. The van der Waals surface area contributed by atoms with Crippen LogP contribution in [0.3, 0.4) is 0 Å². The van der Waals surface area contributed by atoms with Crippen molar-refractivity contribution in [2.45, 2.75) is 6.92 Å². The third-order valence-corrected chi connectivity index (χ3v) is 2.53. The van der Waals surface area contributed by atoms with Crippen molar-refractivity contribution in [2.75, 3.05) is 11.1 Å². The largest absolute Gasteiger partial charge is 0.396 e. The Morgan fingerprint density at radius 1 is 1.35 bits per heavy atom. The Morgan fingerprint density at radius 2 is 2.12 bits per heavy atom. The van der Waals surface area contributed by atoms with Crippen LogP contribution in [0.25, 0.3) is 0 Å². The molecule has 0 saturated carbocycles. The number of nitrogens with one attached hydrogen (secondary N) is 1. The number of nitrogen functional groups attached to an aromatic ring is 1. The maximum absolute atomic E-state index is 13.0. The monoisotopic (exact) mass is 251 g/mol. The second-order valence-corrected chi connectivity index (χ2v) is 4.11. The van der Waals surface area contributed by atoms with E-state index in [1.54, 1.807) is 18.3 Å². The molecule has 0 saturated heterocycles. The molecule has 0 fully saturated rings. The zero-order chi connectivity index (χ0) is 12.4. The van der Waals surface area contributed by atoms with E-state index in [9.17, 15) is 4.39 Å². The first-order valence-corrected chi connectivity index (χ1v) is 5.38. The molecule has 2 rings (SSSR count). The van der Waals surface area contributed by atoms with Gasteiger partial charge in [-0.05, 0) is 36.8 Å². The molecule has 2 aromatic rings. The molecular formula is C12H11ClFN3. The molecule has 0 bridgehead atoms. The number of hydrogen-bond donors (Lipinski definition) is 2. The van der Waals surface area contributed by atoms with Crippen LogP contribution in [0.4, 0.5) is 21.6 Å². The molecule has 0 unspecified atom stereocenters. The normalized spacial score (nSPS) is 10.3. The van der Waals surface area contributed by atoms with Gasteiger partial charge in [-0.1, -0.05) is 11.6 Å². The van der Waals surface area contributed by atoms with Gasteiger partial charge in [-0.2, -0.15) is 0 Å². The lowest BCUT2D eigenvalue weighted by molar-refractivity contribution is 0.628. The van der Waals surface area contributed by atoms with Gasteiger partial charge < -0.3 is 11.1 Å². The van der Waals surface area contributed by atoms with Gasteiger partial charge in [0.15, 0.2) is 5.82 Å². The van der Waals surface area contributed by atoms with Crippen molar-refractivity contribution in [3.8, 4) is 0 Å². The molecule has 3 N–H and O–H groups in total. The topological polar surface area (TPSA) is 50.9 Å². The summed E-state index contributed by atoms with van der Waals surface area (Å²) in [4.78, 5) is 4.15. The van der Waals surface area contributed by atoms with Gasteiger partial charge in [0, 0.05) is 11.9 Å². The Bertz CT molecular complexity index is 557. The Hall–Kier alpha value is -1.81. The van der Waals surface area contributed by atoms with Gasteiger partial charge in [0.05, 0.1) is 10.7 Å². The number of aromatic nitrogens is 1. The van der Waals surface area contributed by atoms with Crippen LogP contribution in [0, 0.1) is 12.7 Å². The minimum atomic E-state index is -0.456. The molecule has 0 aliphatic rings.